The van der Waals surface area contributed by atoms with Crippen LogP contribution in [0.1, 0.15) is 17.2 Å². The summed E-state index contributed by atoms with van der Waals surface area (Å²) < 4.78 is 12.6. The highest BCUT2D eigenvalue weighted by atomic mass is 79.9. The van der Waals surface area contributed by atoms with Crippen LogP contribution in [0.25, 0.3) is 0 Å². The average molecular weight is 435 g/mol. The number of aliphatic hydroxyl groups excluding tert-OH is 1. The quantitative estimate of drug-likeness (QED) is 0.744. The van der Waals surface area contributed by atoms with Crippen molar-refractivity contribution in [1.29, 1.82) is 0 Å². The molecule has 0 spiro atoms. The van der Waals surface area contributed by atoms with Crippen LogP contribution < -0.4 is 9.47 Å². The van der Waals surface area contributed by atoms with Crippen molar-refractivity contribution >= 4 is 43.5 Å². The zero-order valence-corrected chi connectivity index (χ0v) is 14.7. The lowest BCUT2D eigenvalue weighted by atomic mass is 10.0. The summed E-state index contributed by atoms with van der Waals surface area (Å²) in [5.74, 6) is 1.32. The van der Waals surface area contributed by atoms with E-state index in [0.29, 0.717) is 35.3 Å². The third-order valence-electron chi connectivity index (χ3n) is 3.21. The lowest BCUT2D eigenvalue weighted by Gasteiger charge is -2.22. The molecule has 0 fully saturated rings. The second-order valence-corrected chi connectivity index (χ2v) is 6.73. The number of halogens is 3. The topological polar surface area (TPSA) is 38.7 Å². The van der Waals surface area contributed by atoms with Gasteiger partial charge in [0, 0.05) is 19.5 Å². The second-order valence-electron chi connectivity index (χ2n) is 4.59. The molecule has 3 nitrogen and oxygen atoms in total. The van der Waals surface area contributed by atoms with Gasteiger partial charge in [-0.05, 0) is 29.8 Å². The first kappa shape index (κ1) is 15.2. The van der Waals surface area contributed by atoms with Crippen molar-refractivity contribution in [3.8, 4) is 11.5 Å². The molecule has 1 aliphatic rings. The van der Waals surface area contributed by atoms with Gasteiger partial charge in [-0.1, -0.05) is 49.5 Å². The van der Waals surface area contributed by atoms with Crippen molar-refractivity contribution in [2.75, 3.05) is 13.2 Å². The van der Waals surface area contributed by atoms with Crippen molar-refractivity contribution in [1.82, 2.24) is 0 Å². The molecule has 1 aliphatic heterocycles. The molecule has 1 unspecified atom stereocenters. The fraction of sp³-hybridized carbons (Fsp3) is 0.200. The van der Waals surface area contributed by atoms with Crippen molar-refractivity contribution in [2.24, 2.45) is 0 Å². The van der Waals surface area contributed by atoms with E-state index in [0.717, 1.165) is 14.5 Å². The minimum absolute atomic E-state index is 0.509. The Kier molecular flexibility index (Phi) is 4.45. The molecule has 3 rings (SSSR count). The van der Waals surface area contributed by atoms with Crippen LogP contribution in [0, 0.1) is 0 Å². The number of ether oxygens (including phenoxy) is 2. The largest absolute Gasteiger partial charge is 0.486 e. The molecule has 0 saturated heterocycles. The van der Waals surface area contributed by atoms with Gasteiger partial charge in [-0.25, -0.2) is 0 Å². The molecule has 1 heterocycles. The van der Waals surface area contributed by atoms with Gasteiger partial charge in [0.2, 0.25) is 0 Å². The number of hydrogen-bond donors (Lipinski definition) is 1. The van der Waals surface area contributed by atoms with Crippen molar-refractivity contribution in [3.63, 3.8) is 0 Å². The van der Waals surface area contributed by atoms with Crippen LogP contribution in [0.4, 0.5) is 0 Å². The Morgan fingerprint density at radius 1 is 0.952 bits per heavy atom. The Bertz CT molecular complexity index is 691. The van der Waals surface area contributed by atoms with Gasteiger partial charge in [-0.2, -0.15) is 0 Å². The molecule has 0 aliphatic carbocycles. The Hall–Kier alpha value is -0.750. The summed E-state index contributed by atoms with van der Waals surface area (Å²) in [5.41, 5.74) is 1.44. The lowest BCUT2D eigenvalue weighted by Crippen LogP contribution is -2.16. The van der Waals surface area contributed by atoms with E-state index in [2.05, 4.69) is 31.9 Å². The summed E-state index contributed by atoms with van der Waals surface area (Å²) in [6.45, 7) is 1.04. The van der Waals surface area contributed by atoms with E-state index in [1.165, 1.54) is 0 Å². The van der Waals surface area contributed by atoms with E-state index in [1.807, 2.05) is 6.07 Å². The summed E-state index contributed by atoms with van der Waals surface area (Å²) in [6, 6.07) is 8.91. The van der Waals surface area contributed by atoms with Gasteiger partial charge in [0.25, 0.3) is 0 Å². The van der Waals surface area contributed by atoms with E-state index in [4.69, 9.17) is 21.1 Å². The molecule has 1 atom stereocenters. The molecular weight excluding hydrogens is 423 g/mol. The van der Waals surface area contributed by atoms with E-state index in [-0.39, 0.29) is 0 Å². The number of benzene rings is 2. The average Bonchev–Trinajstić information content (AvgIpc) is 2.46. The van der Waals surface area contributed by atoms with E-state index < -0.39 is 6.10 Å². The highest BCUT2D eigenvalue weighted by Gasteiger charge is 2.21. The van der Waals surface area contributed by atoms with Crippen LogP contribution in [0.2, 0.25) is 5.02 Å². The van der Waals surface area contributed by atoms with Crippen LogP contribution in [0.5, 0.6) is 11.5 Å². The van der Waals surface area contributed by atoms with Crippen LogP contribution in [0.15, 0.2) is 39.3 Å². The first-order valence-corrected chi connectivity index (χ1v) is 8.24. The summed E-state index contributed by atoms with van der Waals surface area (Å²) in [6.07, 6.45) is -0.804. The molecular formula is C15H11Br2ClO3. The number of rotatable bonds is 2. The molecule has 0 aromatic heterocycles. The first-order chi connectivity index (χ1) is 10.1. The molecule has 1 N–H and O–H groups in total. The maximum Gasteiger partial charge on any atom is 0.162 e. The van der Waals surface area contributed by atoms with Gasteiger partial charge < -0.3 is 14.6 Å². The fourth-order valence-corrected chi connectivity index (χ4v) is 3.62. The summed E-state index contributed by atoms with van der Waals surface area (Å²) >= 11 is 12.8. The molecule has 0 radical (unpaired) electrons. The predicted molar refractivity (Wildman–Crippen MR) is 88.3 cm³/mol. The molecule has 0 amide bonds. The smallest absolute Gasteiger partial charge is 0.162 e. The monoisotopic (exact) mass is 432 g/mol. The van der Waals surface area contributed by atoms with Gasteiger partial charge in [-0.15, -0.1) is 0 Å². The van der Waals surface area contributed by atoms with Gasteiger partial charge >= 0.3 is 0 Å². The molecule has 2 aromatic rings. The Morgan fingerprint density at radius 2 is 1.57 bits per heavy atom. The Labute approximate surface area is 144 Å². The van der Waals surface area contributed by atoms with Crippen molar-refractivity contribution in [3.05, 3.63) is 55.4 Å². The van der Waals surface area contributed by atoms with E-state index in [1.54, 1.807) is 24.3 Å². The third kappa shape index (κ3) is 3.06. The van der Waals surface area contributed by atoms with E-state index in [9.17, 15) is 5.11 Å². The van der Waals surface area contributed by atoms with Crippen LogP contribution in [-0.2, 0) is 0 Å². The van der Waals surface area contributed by atoms with Gasteiger partial charge in [-0.3, -0.25) is 0 Å². The molecule has 110 valence electrons. The highest BCUT2D eigenvalue weighted by molar-refractivity contribution is 9.10. The molecule has 0 bridgehead atoms. The zero-order valence-electron chi connectivity index (χ0n) is 10.8. The van der Waals surface area contributed by atoms with Gasteiger partial charge in [0.1, 0.15) is 19.3 Å². The zero-order chi connectivity index (χ0) is 15.0. The Morgan fingerprint density at radius 3 is 2.24 bits per heavy atom. The lowest BCUT2D eigenvalue weighted by molar-refractivity contribution is 0.169. The van der Waals surface area contributed by atoms with E-state index >= 15 is 0 Å². The first-order valence-electron chi connectivity index (χ1n) is 6.28. The molecule has 6 heteroatoms. The van der Waals surface area contributed by atoms with Gasteiger partial charge in [0.05, 0.1) is 0 Å². The highest BCUT2D eigenvalue weighted by Crippen LogP contribution is 2.40. The summed E-state index contributed by atoms with van der Waals surface area (Å²) in [4.78, 5) is 0. The van der Waals surface area contributed by atoms with Crippen molar-refractivity contribution in [2.45, 2.75) is 6.10 Å². The number of aliphatic hydroxyl groups is 1. The minimum atomic E-state index is -0.804. The van der Waals surface area contributed by atoms with Crippen LogP contribution in [-0.4, -0.2) is 18.3 Å². The Balaban J connectivity index is 2.03. The normalized spacial score (nSPS) is 14.9. The summed E-state index contributed by atoms with van der Waals surface area (Å²) in [7, 11) is 0. The predicted octanol–water partition coefficient (Wildman–Crippen LogP) is 4.72. The maximum atomic E-state index is 10.6. The molecule has 2 aromatic carbocycles. The van der Waals surface area contributed by atoms with Crippen LogP contribution >= 0.6 is 43.5 Å². The third-order valence-corrected chi connectivity index (χ3v) is 4.82. The number of fused-ring (bicyclic) bond motifs is 1. The van der Waals surface area contributed by atoms with Crippen LogP contribution in [0.3, 0.4) is 0 Å². The standard InChI is InChI=1S/C15H11Br2ClO3/c16-11-5-8(18)1-2-9(11)15(19)10-6-13-14(7-12(10)17)21-4-3-20-13/h1-2,5-7,15,19H,3-4H2. The molecule has 0 saturated carbocycles. The second kappa shape index (κ2) is 6.16. The number of hydrogen-bond acceptors (Lipinski definition) is 3. The maximum absolute atomic E-state index is 10.6. The SMILES string of the molecule is OC(c1ccc(Cl)cc1Br)c1cc2c(cc1Br)OCCO2. The van der Waals surface area contributed by atoms with Crippen molar-refractivity contribution < 1.29 is 14.6 Å². The molecule has 21 heavy (non-hydrogen) atoms. The summed E-state index contributed by atoms with van der Waals surface area (Å²) in [5, 5.41) is 11.3. The minimum Gasteiger partial charge on any atom is -0.486 e. The fourth-order valence-electron chi connectivity index (χ4n) is 2.18. The van der Waals surface area contributed by atoms with Gasteiger partial charge in [0.15, 0.2) is 11.5 Å².